The van der Waals surface area contributed by atoms with Crippen molar-refractivity contribution in [1.29, 1.82) is 0 Å². The van der Waals surface area contributed by atoms with Gasteiger partial charge >= 0.3 is 0 Å². The van der Waals surface area contributed by atoms with Crippen LogP contribution in [0.4, 0.5) is 0 Å². The van der Waals surface area contributed by atoms with E-state index in [1.54, 1.807) is 36.7 Å². The van der Waals surface area contributed by atoms with E-state index in [4.69, 9.17) is 0 Å². The van der Waals surface area contributed by atoms with Gasteiger partial charge in [-0.15, -0.1) is 0 Å². The maximum atomic E-state index is 12.0. The number of amides is 1. The molecule has 0 aliphatic heterocycles. The highest BCUT2D eigenvalue weighted by atomic mass is 16.2. The van der Waals surface area contributed by atoms with Crippen LogP contribution in [-0.2, 0) is 0 Å². The summed E-state index contributed by atoms with van der Waals surface area (Å²) in [7, 11) is 0. The smallest absolute Gasteiger partial charge is 0.261 e. The fourth-order valence-corrected chi connectivity index (χ4v) is 2.01. The summed E-state index contributed by atoms with van der Waals surface area (Å²) in [6, 6.07) is 6.91. The number of aromatic nitrogens is 2. The van der Waals surface area contributed by atoms with Gasteiger partial charge in [-0.05, 0) is 43.0 Å². The van der Waals surface area contributed by atoms with E-state index in [2.05, 4.69) is 15.3 Å². The van der Waals surface area contributed by atoms with Crippen molar-refractivity contribution in [1.82, 2.24) is 15.3 Å². The number of rotatable bonds is 4. The number of hydrogen-bond donors (Lipinski definition) is 2. The minimum absolute atomic E-state index is 0.156. The number of carbonyl (C=O) groups is 1. The van der Waals surface area contributed by atoms with E-state index in [1.807, 2.05) is 0 Å². The topological polar surface area (TPSA) is 74.8 Å². The lowest BCUT2D eigenvalue weighted by Crippen LogP contribution is -2.31. The van der Waals surface area contributed by atoms with Crippen LogP contribution in [0.1, 0.15) is 23.2 Å². The third-order valence-electron chi connectivity index (χ3n) is 3.39. The van der Waals surface area contributed by atoms with E-state index in [1.165, 1.54) is 0 Å². The molecule has 0 bridgehead atoms. The molecule has 1 aliphatic carbocycles. The molecule has 2 aromatic heterocycles. The number of hydrogen-bond acceptors (Lipinski definition) is 3. The number of H-pyrrole nitrogens is 1. The second kappa shape index (κ2) is 5.28. The molecule has 3 rings (SSSR count). The Morgan fingerprint density at radius 2 is 2.00 bits per heavy atom. The highest BCUT2D eigenvalue weighted by molar-refractivity contribution is 5.94. The van der Waals surface area contributed by atoms with Crippen LogP contribution >= 0.6 is 0 Å². The first-order valence-corrected chi connectivity index (χ1v) is 6.66. The zero-order valence-corrected chi connectivity index (χ0v) is 10.9. The Hall–Kier alpha value is -2.43. The maximum Gasteiger partial charge on any atom is 0.261 e. The van der Waals surface area contributed by atoms with Crippen molar-refractivity contribution >= 4 is 5.91 Å². The number of pyridine rings is 2. The second-order valence-electron chi connectivity index (χ2n) is 5.00. The lowest BCUT2D eigenvalue weighted by atomic mass is 10.1. The summed E-state index contributed by atoms with van der Waals surface area (Å²) in [6.07, 6.45) is 5.64. The zero-order valence-electron chi connectivity index (χ0n) is 10.9. The van der Waals surface area contributed by atoms with Gasteiger partial charge in [-0.3, -0.25) is 14.6 Å². The fourth-order valence-electron chi connectivity index (χ4n) is 2.01. The van der Waals surface area contributed by atoms with E-state index < -0.39 is 0 Å². The third kappa shape index (κ3) is 2.77. The standard InChI is InChI=1S/C15H15N3O2/c19-14(17-9-10-1-2-10)12-3-4-13(18-15(12)20)11-5-7-16-8-6-11/h3-8,10H,1-2,9H2,(H,17,19)(H,18,20). The molecule has 2 heterocycles. The largest absolute Gasteiger partial charge is 0.352 e. The molecule has 0 spiro atoms. The van der Waals surface area contributed by atoms with Crippen LogP contribution in [0.15, 0.2) is 41.5 Å². The van der Waals surface area contributed by atoms with Crippen LogP contribution in [0.3, 0.4) is 0 Å². The van der Waals surface area contributed by atoms with Crippen molar-refractivity contribution in [2.75, 3.05) is 6.54 Å². The minimum atomic E-state index is -0.368. The molecule has 0 aromatic carbocycles. The van der Waals surface area contributed by atoms with E-state index in [0.717, 1.165) is 18.4 Å². The van der Waals surface area contributed by atoms with Gasteiger partial charge in [0.2, 0.25) is 0 Å². The van der Waals surface area contributed by atoms with Crippen molar-refractivity contribution in [3.8, 4) is 11.3 Å². The second-order valence-corrected chi connectivity index (χ2v) is 5.00. The highest BCUT2D eigenvalue weighted by Crippen LogP contribution is 2.27. The zero-order chi connectivity index (χ0) is 13.9. The molecule has 2 N–H and O–H groups in total. The number of carbonyl (C=O) groups excluding carboxylic acids is 1. The molecule has 1 aliphatic rings. The Morgan fingerprint density at radius 3 is 2.65 bits per heavy atom. The Bertz CT molecular complexity index is 675. The minimum Gasteiger partial charge on any atom is -0.352 e. The van der Waals surface area contributed by atoms with Crippen LogP contribution < -0.4 is 10.9 Å². The molecule has 5 nitrogen and oxygen atoms in total. The monoisotopic (exact) mass is 269 g/mol. The van der Waals surface area contributed by atoms with E-state index in [-0.39, 0.29) is 17.0 Å². The molecule has 0 unspecified atom stereocenters. The summed E-state index contributed by atoms with van der Waals surface area (Å²) < 4.78 is 0. The predicted octanol–water partition coefficient (Wildman–Crippen LogP) is 1.58. The lowest BCUT2D eigenvalue weighted by molar-refractivity contribution is 0.0950. The van der Waals surface area contributed by atoms with Crippen molar-refractivity contribution in [3.63, 3.8) is 0 Å². The van der Waals surface area contributed by atoms with E-state index in [0.29, 0.717) is 18.2 Å². The molecule has 5 heteroatoms. The molecule has 0 saturated heterocycles. The normalized spacial score (nSPS) is 14.0. The highest BCUT2D eigenvalue weighted by Gasteiger charge is 2.22. The SMILES string of the molecule is O=C(NCC1CC1)c1ccc(-c2ccncc2)[nH]c1=O. The van der Waals surface area contributed by atoms with Crippen LogP contribution in [0.25, 0.3) is 11.3 Å². The first kappa shape index (κ1) is 12.6. The summed E-state index contributed by atoms with van der Waals surface area (Å²) in [5, 5.41) is 2.79. The summed E-state index contributed by atoms with van der Waals surface area (Å²) >= 11 is 0. The molecule has 2 aromatic rings. The Kier molecular flexibility index (Phi) is 3.33. The van der Waals surface area contributed by atoms with Gasteiger partial charge in [-0.25, -0.2) is 0 Å². The maximum absolute atomic E-state index is 12.0. The molecular weight excluding hydrogens is 254 g/mol. The number of aromatic amines is 1. The third-order valence-corrected chi connectivity index (χ3v) is 3.39. The molecule has 1 amide bonds. The quantitative estimate of drug-likeness (QED) is 0.884. The summed E-state index contributed by atoms with van der Waals surface area (Å²) in [4.78, 5) is 30.5. The molecule has 0 atom stereocenters. The van der Waals surface area contributed by atoms with Crippen LogP contribution in [0.5, 0.6) is 0 Å². The molecule has 1 fully saturated rings. The Morgan fingerprint density at radius 1 is 1.25 bits per heavy atom. The van der Waals surface area contributed by atoms with E-state index >= 15 is 0 Å². The summed E-state index contributed by atoms with van der Waals surface area (Å²) in [6.45, 7) is 0.657. The van der Waals surface area contributed by atoms with Crippen molar-refractivity contribution in [3.05, 3.63) is 52.6 Å². The average Bonchev–Trinajstić information content (AvgIpc) is 3.30. The molecule has 102 valence electrons. The van der Waals surface area contributed by atoms with Gasteiger partial charge in [0.15, 0.2) is 0 Å². The first-order chi connectivity index (χ1) is 9.74. The fraction of sp³-hybridized carbons (Fsp3) is 0.267. The van der Waals surface area contributed by atoms with Crippen molar-refractivity contribution < 1.29 is 4.79 Å². The summed E-state index contributed by atoms with van der Waals surface area (Å²) in [5.74, 6) is 0.286. The average molecular weight is 269 g/mol. The van der Waals surface area contributed by atoms with Crippen LogP contribution in [0.2, 0.25) is 0 Å². The Balaban J connectivity index is 1.80. The van der Waals surface area contributed by atoms with Crippen LogP contribution in [0, 0.1) is 5.92 Å². The lowest BCUT2D eigenvalue weighted by Gasteiger charge is -2.05. The van der Waals surface area contributed by atoms with Crippen molar-refractivity contribution in [2.24, 2.45) is 5.92 Å². The number of nitrogens with one attached hydrogen (secondary N) is 2. The van der Waals surface area contributed by atoms with Crippen LogP contribution in [-0.4, -0.2) is 22.4 Å². The van der Waals surface area contributed by atoms with Gasteiger partial charge in [0, 0.05) is 30.2 Å². The van der Waals surface area contributed by atoms with Gasteiger partial charge < -0.3 is 10.3 Å². The molecule has 20 heavy (non-hydrogen) atoms. The van der Waals surface area contributed by atoms with Gasteiger partial charge in [-0.2, -0.15) is 0 Å². The van der Waals surface area contributed by atoms with Gasteiger partial charge in [0.25, 0.3) is 11.5 Å². The van der Waals surface area contributed by atoms with E-state index in [9.17, 15) is 9.59 Å². The predicted molar refractivity (Wildman–Crippen MR) is 75.4 cm³/mol. The summed E-state index contributed by atoms with van der Waals surface area (Å²) in [5.41, 5.74) is 1.33. The molecular formula is C15H15N3O2. The number of nitrogens with zero attached hydrogens (tertiary/aromatic N) is 1. The first-order valence-electron chi connectivity index (χ1n) is 6.66. The Labute approximate surface area is 116 Å². The van der Waals surface area contributed by atoms with Crippen molar-refractivity contribution in [2.45, 2.75) is 12.8 Å². The van der Waals surface area contributed by atoms with Gasteiger partial charge in [0.05, 0.1) is 0 Å². The molecule has 1 saturated carbocycles. The van der Waals surface area contributed by atoms with Gasteiger partial charge in [-0.1, -0.05) is 0 Å². The molecule has 0 radical (unpaired) electrons. The van der Waals surface area contributed by atoms with Gasteiger partial charge in [0.1, 0.15) is 5.56 Å².